The molecule has 0 spiro atoms. The van der Waals surface area contributed by atoms with Gasteiger partial charge >= 0.3 is 0 Å². The van der Waals surface area contributed by atoms with Gasteiger partial charge in [0.15, 0.2) is 17.5 Å². The van der Waals surface area contributed by atoms with Crippen LogP contribution in [0.3, 0.4) is 0 Å². The summed E-state index contributed by atoms with van der Waals surface area (Å²) in [5.41, 5.74) is 1.08. The van der Waals surface area contributed by atoms with Gasteiger partial charge in [-0.3, -0.25) is 4.79 Å². The van der Waals surface area contributed by atoms with E-state index in [9.17, 15) is 4.79 Å². The largest absolute Gasteiger partial charge is 0.490 e. The van der Waals surface area contributed by atoms with Crippen molar-refractivity contribution in [3.05, 3.63) is 23.8 Å². The summed E-state index contributed by atoms with van der Waals surface area (Å²) in [5.74, 6) is 2.68. The smallest absolute Gasteiger partial charge is 0.222 e. The van der Waals surface area contributed by atoms with E-state index in [0.717, 1.165) is 68.5 Å². The molecule has 0 bridgehead atoms. The molecule has 1 aromatic carbocycles. The van der Waals surface area contributed by atoms with Crippen LogP contribution in [0.4, 0.5) is 0 Å². The van der Waals surface area contributed by atoms with E-state index in [1.165, 1.54) is 0 Å². The molecular weight excluding hydrogens is 344 g/mol. The average Bonchev–Trinajstić information content (AvgIpc) is 2.94. The van der Waals surface area contributed by atoms with E-state index in [4.69, 9.17) is 9.47 Å². The van der Waals surface area contributed by atoms with Crippen molar-refractivity contribution in [2.45, 2.75) is 39.2 Å². The third kappa shape index (κ3) is 5.77. The highest BCUT2D eigenvalue weighted by atomic mass is 16.5. The van der Waals surface area contributed by atoms with Crippen LogP contribution < -0.4 is 20.1 Å². The first-order valence-corrected chi connectivity index (χ1v) is 9.94. The standard InChI is InChI=1S/C20H30N4O3/c1-2-21-20(22-9-4-11-24-10-3-6-19(24)25)23-15-16-7-8-17-18(14-16)27-13-5-12-26-17/h7-8,14H,2-6,9-13,15H2,1H3,(H2,21,22,23). The van der Waals surface area contributed by atoms with Crippen LogP contribution in [0, 0.1) is 0 Å². The molecule has 1 amide bonds. The molecule has 7 heteroatoms. The predicted molar refractivity (Wildman–Crippen MR) is 105 cm³/mol. The van der Waals surface area contributed by atoms with Crippen LogP contribution in [0.15, 0.2) is 23.2 Å². The minimum absolute atomic E-state index is 0.282. The fourth-order valence-corrected chi connectivity index (χ4v) is 3.24. The maximum atomic E-state index is 11.6. The number of nitrogens with zero attached hydrogens (tertiary/aromatic N) is 2. The number of fused-ring (bicyclic) bond motifs is 1. The zero-order valence-electron chi connectivity index (χ0n) is 16.1. The quantitative estimate of drug-likeness (QED) is 0.433. The number of rotatable bonds is 7. The molecule has 3 rings (SSSR count). The molecule has 0 saturated carbocycles. The van der Waals surface area contributed by atoms with Crippen molar-refractivity contribution in [3.63, 3.8) is 0 Å². The molecule has 2 heterocycles. The SMILES string of the molecule is CCNC(=NCc1ccc2c(c1)OCCCO2)NCCCN1CCCC1=O. The Morgan fingerprint density at radius 3 is 2.81 bits per heavy atom. The van der Waals surface area contributed by atoms with Crippen molar-refractivity contribution < 1.29 is 14.3 Å². The molecule has 2 aliphatic heterocycles. The van der Waals surface area contributed by atoms with Crippen molar-refractivity contribution in [1.29, 1.82) is 0 Å². The Labute approximate surface area is 161 Å². The number of likely N-dealkylation sites (tertiary alicyclic amines) is 1. The molecule has 0 aromatic heterocycles. The summed E-state index contributed by atoms with van der Waals surface area (Å²) in [6, 6.07) is 5.99. The van der Waals surface area contributed by atoms with Crippen LogP contribution in [0.25, 0.3) is 0 Å². The average molecular weight is 374 g/mol. The Kier molecular flexibility index (Phi) is 7.19. The van der Waals surface area contributed by atoms with Gasteiger partial charge in [-0.25, -0.2) is 4.99 Å². The molecule has 2 N–H and O–H groups in total. The summed E-state index contributed by atoms with van der Waals surface area (Å²) in [6.45, 7) is 7.30. The number of aliphatic imine (C=N–C) groups is 1. The van der Waals surface area contributed by atoms with E-state index < -0.39 is 0 Å². The normalized spacial score (nSPS) is 17.0. The van der Waals surface area contributed by atoms with E-state index >= 15 is 0 Å². The van der Waals surface area contributed by atoms with Gasteiger partial charge in [0.1, 0.15) is 0 Å². The summed E-state index contributed by atoms with van der Waals surface area (Å²) in [5, 5.41) is 6.61. The van der Waals surface area contributed by atoms with Crippen molar-refractivity contribution in [2.24, 2.45) is 4.99 Å². The van der Waals surface area contributed by atoms with Gasteiger partial charge in [0.05, 0.1) is 19.8 Å². The van der Waals surface area contributed by atoms with Gasteiger partial charge in [0.25, 0.3) is 0 Å². The molecule has 1 aromatic rings. The fraction of sp³-hybridized carbons (Fsp3) is 0.600. The topological polar surface area (TPSA) is 75.2 Å². The first-order chi connectivity index (χ1) is 13.3. The summed E-state index contributed by atoms with van der Waals surface area (Å²) in [7, 11) is 0. The Hall–Kier alpha value is -2.44. The molecule has 148 valence electrons. The summed E-state index contributed by atoms with van der Waals surface area (Å²) in [4.78, 5) is 18.2. The number of benzene rings is 1. The van der Waals surface area contributed by atoms with Crippen LogP contribution >= 0.6 is 0 Å². The maximum Gasteiger partial charge on any atom is 0.222 e. The van der Waals surface area contributed by atoms with Crippen molar-refractivity contribution in [1.82, 2.24) is 15.5 Å². The number of carbonyl (C=O) groups is 1. The number of hydrogen-bond donors (Lipinski definition) is 2. The lowest BCUT2D eigenvalue weighted by molar-refractivity contribution is -0.127. The Morgan fingerprint density at radius 1 is 1.19 bits per heavy atom. The number of ether oxygens (including phenoxy) is 2. The summed E-state index contributed by atoms with van der Waals surface area (Å²) in [6.07, 6.45) is 3.51. The highest BCUT2D eigenvalue weighted by molar-refractivity contribution is 5.80. The molecule has 0 radical (unpaired) electrons. The molecule has 1 fully saturated rings. The van der Waals surface area contributed by atoms with Crippen molar-refractivity contribution in [2.75, 3.05) is 39.4 Å². The van der Waals surface area contributed by atoms with E-state index in [1.54, 1.807) is 0 Å². The highest BCUT2D eigenvalue weighted by Gasteiger charge is 2.18. The van der Waals surface area contributed by atoms with Gasteiger partial charge in [-0.1, -0.05) is 6.07 Å². The first-order valence-electron chi connectivity index (χ1n) is 9.94. The van der Waals surface area contributed by atoms with Crippen LogP contribution in [0.5, 0.6) is 11.5 Å². The Bertz CT molecular complexity index is 663. The van der Waals surface area contributed by atoms with E-state index in [-0.39, 0.29) is 5.91 Å². The predicted octanol–water partition coefficient (Wildman–Crippen LogP) is 1.92. The van der Waals surface area contributed by atoms with Crippen LogP contribution in [-0.4, -0.2) is 56.2 Å². The van der Waals surface area contributed by atoms with Crippen molar-refractivity contribution >= 4 is 11.9 Å². The van der Waals surface area contributed by atoms with Gasteiger partial charge in [-0.05, 0) is 37.5 Å². The number of nitrogens with one attached hydrogen (secondary N) is 2. The van der Waals surface area contributed by atoms with Gasteiger partial charge < -0.3 is 25.0 Å². The van der Waals surface area contributed by atoms with Crippen LogP contribution in [-0.2, 0) is 11.3 Å². The number of hydrogen-bond acceptors (Lipinski definition) is 4. The third-order valence-corrected chi connectivity index (χ3v) is 4.64. The Balaban J connectivity index is 1.49. The maximum absolute atomic E-state index is 11.6. The minimum Gasteiger partial charge on any atom is -0.490 e. The number of carbonyl (C=O) groups excluding carboxylic acids is 1. The third-order valence-electron chi connectivity index (χ3n) is 4.64. The monoisotopic (exact) mass is 374 g/mol. The van der Waals surface area contributed by atoms with E-state index in [1.807, 2.05) is 30.0 Å². The fourth-order valence-electron chi connectivity index (χ4n) is 3.24. The van der Waals surface area contributed by atoms with Gasteiger partial charge in [-0.2, -0.15) is 0 Å². The zero-order valence-corrected chi connectivity index (χ0v) is 16.1. The molecular formula is C20H30N4O3. The minimum atomic E-state index is 0.282. The van der Waals surface area contributed by atoms with Crippen LogP contribution in [0.2, 0.25) is 0 Å². The highest BCUT2D eigenvalue weighted by Crippen LogP contribution is 2.30. The second-order valence-corrected chi connectivity index (χ2v) is 6.79. The van der Waals surface area contributed by atoms with Gasteiger partial charge in [-0.15, -0.1) is 0 Å². The number of guanidine groups is 1. The Morgan fingerprint density at radius 2 is 2.04 bits per heavy atom. The molecule has 0 atom stereocenters. The molecule has 27 heavy (non-hydrogen) atoms. The van der Waals surface area contributed by atoms with E-state index in [0.29, 0.717) is 26.2 Å². The lowest BCUT2D eigenvalue weighted by Crippen LogP contribution is -2.39. The number of amides is 1. The molecule has 1 saturated heterocycles. The lowest BCUT2D eigenvalue weighted by atomic mass is 10.2. The second-order valence-electron chi connectivity index (χ2n) is 6.79. The molecule has 2 aliphatic rings. The molecule has 0 aliphatic carbocycles. The van der Waals surface area contributed by atoms with Crippen LogP contribution in [0.1, 0.15) is 38.2 Å². The van der Waals surface area contributed by atoms with Gasteiger partial charge in [0.2, 0.25) is 5.91 Å². The van der Waals surface area contributed by atoms with E-state index in [2.05, 4.69) is 15.6 Å². The van der Waals surface area contributed by atoms with Crippen molar-refractivity contribution in [3.8, 4) is 11.5 Å². The summed E-state index contributed by atoms with van der Waals surface area (Å²) >= 11 is 0. The molecule has 7 nitrogen and oxygen atoms in total. The van der Waals surface area contributed by atoms with Gasteiger partial charge in [0, 0.05) is 39.0 Å². The second kappa shape index (κ2) is 10.0. The summed E-state index contributed by atoms with van der Waals surface area (Å²) < 4.78 is 11.4. The zero-order chi connectivity index (χ0) is 18.9. The lowest BCUT2D eigenvalue weighted by Gasteiger charge is -2.16. The molecule has 0 unspecified atom stereocenters. The first kappa shape index (κ1) is 19.3.